The Morgan fingerprint density at radius 1 is 1.21 bits per heavy atom. The third-order valence-electron chi connectivity index (χ3n) is 3.42. The van der Waals surface area contributed by atoms with Crippen LogP contribution in [0.25, 0.3) is 11.3 Å². The Hall–Kier alpha value is -2.93. The zero-order valence-electron chi connectivity index (χ0n) is 13.4. The van der Waals surface area contributed by atoms with Gasteiger partial charge >= 0.3 is 0 Å². The largest absolute Gasteiger partial charge is 0.475 e. The summed E-state index contributed by atoms with van der Waals surface area (Å²) in [5.41, 5.74) is 3.94. The SMILES string of the molecule is Cn1cc(CNc2ccc(OCCO)nc2)c(-c2ccncc2)n1. The lowest BCUT2D eigenvalue weighted by Gasteiger charge is -2.08. The van der Waals surface area contributed by atoms with E-state index in [1.54, 1.807) is 29.3 Å². The molecule has 0 aliphatic heterocycles. The molecule has 0 saturated heterocycles. The Kier molecular flexibility index (Phi) is 5.02. The van der Waals surface area contributed by atoms with Crippen LogP contribution < -0.4 is 10.1 Å². The number of aryl methyl sites for hydroxylation is 1. The number of pyridine rings is 2. The van der Waals surface area contributed by atoms with Crippen molar-refractivity contribution in [2.45, 2.75) is 6.54 Å². The van der Waals surface area contributed by atoms with Crippen LogP contribution in [0.15, 0.2) is 49.1 Å². The monoisotopic (exact) mass is 325 g/mol. The minimum Gasteiger partial charge on any atom is -0.475 e. The summed E-state index contributed by atoms with van der Waals surface area (Å²) < 4.78 is 7.05. The van der Waals surface area contributed by atoms with E-state index in [0.29, 0.717) is 12.4 Å². The third-order valence-corrected chi connectivity index (χ3v) is 3.42. The average Bonchev–Trinajstić information content (AvgIpc) is 3.00. The summed E-state index contributed by atoms with van der Waals surface area (Å²) in [4.78, 5) is 8.23. The lowest BCUT2D eigenvalue weighted by Crippen LogP contribution is -2.04. The predicted octanol–water partition coefficient (Wildman–Crippen LogP) is 1.86. The van der Waals surface area contributed by atoms with Crippen molar-refractivity contribution in [3.05, 3.63) is 54.6 Å². The fourth-order valence-electron chi connectivity index (χ4n) is 2.34. The van der Waals surface area contributed by atoms with Crippen molar-refractivity contribution in [2.75, 3.05) is 18.5 Å². The number of ether oxygens (including phenoxy) is 1. The Labute approximate surface area is 140 Å². The summed E-state index contributed by atoms with van der Waals surface area (Å²) in [6.07, 6.45) is 7.22. The van der Waals surface area contributed by atoms with Gasteiger partial charge in [0, 0.05) is 49.4 Å². The summed E-state index contributed by atoms with van der Waals surface area (Å²) in [5.74, 6) is 0.494. The van der Waals surface area contributed by atoms with Crippen LogP contribution in [0.2, 0.25) is 0 Å². The highest BCUT2D eigenvalue weighted by atomic mass is 16.5. The van der Waals surface area contributed by atoms with Gasteiger partial charge in [-0.05, 0) is 18.2 Å². The summed E-state index contributed by atoms with van der Waals surface area (Å²) in [6.45, 7) is 0.843. The molecule has 24 heavy (non-hydrogen) atoms. The van der Waals surface area contributed by atoms with Crippen LogP contribution in [0.4, 0.5) is 5.69 Å². The van der Waals surface area contributed by atoms with Gasteiger partial charge in [0.15, 0.2) is 0 Å². The first-order valence-electron chi connectivity index (χ1n) is 7.63. The number of nitrogens with one attached hydrogen (secondary N) is 1. The molecule has 3 rings (SSSR count). The molecule has 3 aromatic rings. The van der Waals surface area contributed by atoms with Gasteiger partial charge in [-0.25, -0.2) is 4.98 Å². The summed E-state index contributed by atoms with van der Waals surface area (Å²) in [7, 11) is 1.91. The standard InChI is InChI=1S/C17H19N5O2/c1-22-12-14(17(21-22)13-4-6-18-7-5-13)10-19-15-2-3-16(20-11-15)24-9-8-23/h2-7,11-12,19,23H,8-10H2,1H3. The minimum absolute atomic E-state index is 0.0273. The number of hydrogen-bond donors (Lipinski definition) is 2. The van der Waals surface area contributed by atoms with Crippen molar-refractivity contribution in [1.82, 2.24) is 19.7 Å². The number of nitrogens with zero attached hydrogens (tertiary/aromatic N) is 4. The van der Waals surface area contributed by atoms with E-state index in [1.165, 1.54) is 0 Å². The van der Waals surface area contributed by atoms with E-state index >= 15 is 0 Å². The maximum absolute atomic E-state index is 8.74. The third kappa shape index (κ3) is 3.88. The molecule has 3 heterocycles. The van der Waals surface area contributed by atoms with Gasteiger partial charge in [0.25, 0.3) is 0 Å². The molecule has 3 aromatic heterocycles. The van der Waals surface area contributed by atoms with Gasteiger partial charge in [0.2, 0.25) is 5.88 Å². The molecule has 0 aliphatic carbocycles. The molecular formula is C17H19N5O2. The van der Waals surface area contributed by atoms with Gasteiger partial charge in [-0.3, -0.25) is 9.67 Å². The number of hydrogen-bond acceptors (Lipinski definition) is 6. The Bertz CT molecular complexity index is 771. The van der Waals surface area contributed by atoms with Gasteiger partial charge in [-0.15, -0.1) is 0 Å². The molecule has 0 aliphatic rings. The van der Waals surface area contributed by atoms with E-state index in [0.717, 1.165) is 22.5 Å². The number of aliphatic hydroxyl groups is 1. The molecule has 0 aromatic carbocycles. The van der Waals surface area contributed by atoms with Gasteiger partial charge in [0.1, 0.15) is 6.61 Å². The van der Waals surface area contributed by atoms with E-state index in [4.69, 9.17) is 9.84 Å². The number of aromatic nitrogens is 4. The van der Waals surface area contributed by atoms with E-state index in [-0.39, 0.29) is 13.2 Å². The Morgan fingerprint density at radius 3 is 2.75 bits per heavy atom. The van der Waals surface area contributed by atoms with Gasteiger partial charge in [-0.1, -0.05) is 0 Å². The van der Waals surface area contributed by atoms with E-state index in [1.807, 2.05) is 31.4 Å². The van der Waals surface area contributed by atoms with E-state index in [9.17, 15) is 0 Å². The maximum atomic E-state index is 8.74. The second-order valence-electron chi connectivity index (χ2n) is 5.22. The quantitative estimate of drug-likeness (QED) is 0.690. The van der Waals surface area contributed by atoms with Crippen molar-refractivity contribution in [2.24, 2.45) is 7.05 Å². The molecule has 0 bridgehead atoms. The number of rotatable bonds is 7. The highest BCUT2D eigenvalue weighted by Gasteiger charge is 2.10. The van der Waals surface area contributed by atoms with Crippen molar-refractivity contribution in [1.29, 1.82) is 0 Å². The van der Waals surface area contributed by atoms with E-state index < -0.39 is 0 Å². The van der Waals surface area contributed by atoms with Gasteiger partial charge < -0.3 is 15.2 Å². The lowest BCUT2D eigenvalue weighted by molar-refractivity contribution is 0.196. The van der Waals surface area contributed by atoms with Gasteiger partial charge in [-0.2, -0.15) is 5.10 Å². The highest BCUT2D eigenvalue weighted by molar-refractivity contribution is 5.62. The Morgan fingerprint density at radius 2 is 2.04 bits per heavy atom. The maximum Gasteiger partial charge on any atom is 0.213 e. The molecule has 0 saturated carbocycles. The molecule has 0 unspecified atom stereocenters. The van der Waals surface area contributed by atoms with Crippen molar-refractivity contribution in [3.63, 3.8) is 0 Å². The first kappa shape index (κ1) is 15.9. The Balaban J connectivity index is 1.69. The second-order valence-corrected chi connectivity index (χ2v) is 5.22. The average molecular weight is 325 g/mol. The number of anilines is 1. The molecular weight excluding hydrogens is 306 g/mol. The topological polar surface area (TPSA) is 85.1 Å². The van der Waals surface area contributed by atoms with Crippen LogP contribution in [-0.4, -0.2) is 38.1 Å². The molecule has 0 amide bonds. The first-order valence-corrected chi connectivity index (χ1v) is 7.63. The van der Waals surface area contributed by atoms with Gasteiger partial charge in [0.05, 0.1) is 24.2 Å². The van der Waals surface area contributed by atoms with Crippen LogP contribution in [0, 0.1) is 0 Å². The smallest absolute Gasteiger partial charge is 0.213 e. The zero-order valence-corrected chi connectivity index (χ0v) is 13.4. The minimum atomic E-state index is -0.0273. The second kappa shape index (κ2) is 7.56. The molecule has 7 heteroatoms. The van der Waals surface area contributed by atoms with Crippen molar-refractivity contribution < 1.29 is 9.84 Å². The summed E-state index contributed by atoms with van der Waals surface area (Å²) in [5, 5.41) is 16.6. The molecule has 0 atom stereocenters. The van der Waals surface area contributed by atoms with Crippen molar-refractivity contribution in [3.8, 4) is 17.1 Å². The molecule has 0 radical (unpaired) electrons. The molecule has 0 fully saturated rings. The normalized spacial score (nSPS) is 10.6. The summed E-state index contributed by atoms with van der Waals surface area (Å²) in [6, 6.07) is 7.55. The predicted molar refractivity (Wildman–Crippen MR) is 90.6 cm³/mol. The molecule has 2 N–H and O–H groups in total. The molecule has 124 valence electrons. The first-order chi connectivity index (χ1) is 11.8. The van der Waals surface area contributed by atoms with E-state index in [2.05, 4.69) is 20.4 Å². The van der Waals surface area contributed by atoms with Crippen molar-refractivity contribution >= 4 is 5.69 Å². The fourth-order valence-corrected chi connectivity index (χ4v) is 2.34. The summed E-state index contributed by atoms with van der Waals surface area (Å²) >= 11 is 0. The van der Waals surface area contributed by atoms with Crippen LogP contribution >= 0.6 is 0 Å². The fraction of sp³-hybridized carbons (Fsp3) is 0.235. The van der Waals surface area contributed by atoms with Crippen LogP contribution in [0.1, 0.15) is 5.56 Å². The number of aliphatic hydroxyl groups excluding tert-OH is 1. The zero-order chi connectivity index (χ0) is 16.8. The van der Waals surface area contributed by atoms with Crippen LogP contribution in [0.3, 0.4) is 0 Å². The molecule has 0 spiro atoms. The lowest BCUT2D eigenvalue weighted by atomic mass is 10.1. The van der Waals surface area contributed by atoms with Crippen LogP contribution in [-0.2, 0) is 13.6 Å². The molecule has 7 nitrogen and oxygen atoms in total. The highest BCUT2D eigenvalue weighted by Crippen LogP contribution is 2.22. The van der Waals surface area contributed by atoms with Crippen LogP contribution in [0.5, 0.6) is 5.88 Å².